The maximum atomic E-state index is 13.8. The van der Waals surface area contributed by atoms with E-state index in [1.54, 1.807) is 0 Å². The number of aromatic nitrogens is 2. The van der Waals surface area contributed by atoms with Crippen LogP contribution in [0.4, 0.5) is 13.2 Å². The molecule has 178 valence electrons. The Morgan fingerprint density at radius 3 is 2.59 bits per heavy atom. The van der Waals surface area contributed by atoms with Crippen molar-refractivity contribution < 1.29 is 27.3 Å². The van der Waals surface area contributed by atoms with Crippen LogP contribution >= 0.6 is 11.8 Å². The fourth-order valence-electron chi connectivity index (χ4n) is 3.44. The number of H-pyrrole nitrogens is 1. The van der Waals surface area contributed by atoms with Crippen LogP contribution in [-0.2, 0) is 11.2 Å². The van der Waals surface area contributed by atoms with E-state index in [4.69, 9.17) is 0 Å². The first-order valence-electron chi connectivity index (χ1n) is 10.5. The third-order valence-electron chi connectivity index (χ3n) is 4.98. The number of halogens is 3. The first kappa shape index (κ1) is 23.7. The van der Waals surface area contributed by atoms with Crippen LogP contribution in [0.3, 0.4) is 0 Å². The van der Waals surface area contributed by atoms with Crippen molar-refractivity contribution in [3.8, 4) is 0 Å². The van der Waals surface area contributed by atoms with Gasteiger partial charge in [-0.1, -0.05) is 25.6 Å². The van der Waals surface area contributed by atoms with Crippen molar-refractivity contribution in [3.05, 3.63) is 64.4 Å². The molecule has 0 fully saturated rings. The lowest BCUT2D eigenvalue weighted by molar-refractivity contribution is -0.450. The number of benzene rings is 1. The topological polar surface area (TPSA) is 102 Å². The van der Waals surface area contributed by atoms with Crippen LogP contribution in [0.25, 0.3) is 0 Å². The summed E-state index contributed by atoms with van der Waals surface area (Å²) in [5, 5.41) is 14.8. The number of aromatic amines is 1. The van der Waals surface area contributed by atoms with Crippen molar-refractivity contribution in [1.29, 1.82) is 0 Å². The highest BCUT2D eigenvalue weighted by atomic mass is 32.2. The highest BCUT2D eigenvalue weighted by Gasteiger charge is 2.31. The highest BCUT2D eigenvalue weighted by molar-refractivity contribution is 8.14. The van der Waals surface area contributed by atoms with Gasteiger partial charge in [0.1, 0.15) is 33.4 Å². The summed E-state index contributed by atoms with van der Waals surface area (Å²) >= 11 is 1.45. The van der Waals surface area contributed by atoms with Gasteiger partial charge in [0.15, 0.2) is 12.4 Å². The maximum absolute atomic E-state index is 13.8. The summed E-state index contributed by atoms with van der Waals surface area (Å²) in [7, 11) is 0. The number of hydrogen-bond donors (Lipinski definition) is 3. The van der Waals surface area contributed by atoms with Crippen LogP contribution in [0.5, 0.6) is 0 Å². The highest BCUT2D eigenvalue weighted by Crippen LogP contribution is 2.30. The Kier molecular flexibility index (Phi) is 6.87. The van der Waals surface area contributed by atoms with Gasteiger partial charge in [0.25, 0.3) is 5.91 Å². The Labute approximate surface area is 197 Å². The molecular weight excluding hydrogens is 469 g/mol. The van der Waals surface area contributed by atoms with E-state index in [2.05, 4.69) is 39.9 Å². The smallest absolute Gasteiger partial charge is 0.286 e. The van der Waals surface area contributed by atoms with E-state index in [0.29, 0.717) is 23.1 Å². The van der Waals surface area contributed by atoms with Gasteiger partial charge >= 0.3 is 0 Å². The Balaban J connectivity index is 1.22. The molecule has 1 amide bonds. The van der Waals surface area contributed by atoms with E-state index in [0.717, 1.165) is 17.8 Å². The second-order valence-electron chi connectivity index (χ2n) is 8.28. The Hall–Kier alpha value is -3.41. The van der Waals surface area contributed by atoms with Gasteiger partial charge in [-0.2, -0.15) is 14.8 Å². The normalized spacial score (nSPS) is 17.0. The van der Waals surface area contributed by atoms with Gasteiger partial charge in [0.2, 0.25) is 12.3 Å². The lowest BCUT2D eigenvalue weighted by Crippen LogP contribution is -2.36. The summed E-state index contributed by atoms with van der Waals surface area (Å²) in [5.74, 6) is -4.40. The molecule has 12 heteroatoms. The van der Waals surface area contributed by atoms with Crippen LogP contribution in [0, 0.1) is 23.4 Å². The number of Topliss-reactive ketones (excluding diaryl/α,β-unsaturated/α-hetero) is 1. The zero-order chi connectivity index (χ0) is 24.4. The molecular formula is C22H22F3N6O2S+. The molecule has 2 aliphatic heterocycles. The number of hydrazone groups is 1. The average Bonchev–Trinajstić information content (AvgIpc) is 3.36. The average molecular weight is 492 g/mol. The van der Waals surface area contributed by atoms with Gasteiger partial charge < -0.3 is 5.32 Å². The number of carbonyl (C=O) groups is 2. The summed E-state index contributed by atoms with van der Waals surface area (Å²) in [5.41, 5.74) is 4.05. The van der Waals surface area contributed by atoms with E-state index in [-0.39, 0.29) is 29.9 Å². The zero-order valence-electron chi connectivity index (χ0n) is 18.4. The minimum absolute atomic E-state index is 0.0100. The number of nitrogens with one attached hydrogen (secondary N) is 3. The Morgan fingerprint density at radius 1 is 1.21 bits per heavy atom. The summed E-state index contributed by atoms with van der Waals surface area (Å²) < 4.78 is 42.0. The molecule has 4 rings (SSSR count). The molecule has 0 saturated carbocycles. The molecule has 1 aromatic carbocycles. The molecule has 1 atom stereocenters. The van der Waals surface area contributed by atoms with Crippen molar-refractivity contribution in [2.45, 2.75) is 25.6 Å². The molecule has 0 spiro atoms. The lowest BCUT2D eigenvalue weighted by Gasteiger charge is -2.10. The fraction of sp³-hybridized carbons (Fsp3) is 0.318. The van der Waals surface area contributed by atoms with Gasteiger partial charge in [0, 0.05) is 17.8 Å². The van der Waals surface area contributed by atoms with Crippen molar-refractivity contribution >= 4 is 34.7 Å². The molecule has 1 aromatic heterocycles. The number of hydrogen-bond acceptors (Lipinski definition) is 6. The van der Waals surface area contributed by atoms with Crippen molar-refractivity contribution in [3.63, 3.8) is 0 Å². The standard InChI is InChI=1S/C22H21F3N6O2S/c1-11(2)3-14-6-17(28-27-14)22-30-29-19(34-22)7-26-18(32)10-31-8-12(9-31)21(33)20-15(24)4-13(23)5-16(20)25/h4-6,8-9,11,22,30H,3,7,10H2,1-2H3,(H-,26,27,28,32)/p+1. The summed E-state index contributed by atoms with van der Waals surface area (Å²) in [6.07, 6.45) is 3.50. The fourth-order valence-corrected chi connectivity index (χ4v) is 4.32. The van der Waals surface area contributed by atoms with E-state index < -0.39 is 28.8 Å². The first-order chi connectivity index (χ1) is 16.2. The molecule has 0 radical (unpaired) electrons. The maximum Gasteiger partial charge on any atom is 0.286 e. The van der Waals surface area contributed by atoms with Crippen molar-refractivity contribution in [2.75, 3.05) is 13.1 Å². The molecule has 0 saturated heterocycles. The van der Waals surface area contributed by atoms with Crippen molar-refractivity contribution in [2.24, 2.45) is 11.0 Å². The van der Waals surface area contributed by atoms with Crippen LogP contribution in [-0.4, -0.2) is 50.8 Å². The molecule has 2 aromatic rings. The third kappa shape index (κ3) is 5.38. The molecule has 2 aliphatic rings. The van der Waals surface area contributed by atoms with E-state index in [9.17, 15) is 22.8 Å². The van der Waals surface area contributed by atoms with Crippen LogP contribution in [0.15, 0.2) is 35.1 Å². The molecule has 1 unspecified atom stereocenters. The molecule has 3 heterocycles. The number of thioether (sulfide) groups is 1. The minimum Gasteiger partial charge on any atom is -0.344 e. The molecule has 34 heavy (non-hydrogen) atoms. The monoisotopic (exact) mass is 491 g/mol. The second kappa shape index (κ2) is 9.84. The quantitative estimate of drug-likeness (QED) is 0.370. The lowest BCUT2D eigenvalue weighted by atomic mass is 10.0. The molecule has 3 N–H and O–H groups in total. The van der Waals surface area contributed by atoms with E-state index >= 15 is 0 Å². The molecule has 0 bridgehead atoms. The number of carbonyl (C=O) groups excluding carboxylic acids is 2. The van der Waals surface area contributed by atoms with E-state index in [1.165, 1.54) is 28.8 Å². The van der Waals surface area contributed by atoms with Crippen LogP contribution in [0.1, 0.15) is 41.0 Å². The summed E-state index contributed by atoms with van der Waals surface area (Å²) in [4.78, 5) is 24.5. The van der Waals surface area contributed by atoms with E-state index in [1.807, 2.05) is 6.07 Å². The van der Waals surface area contributed by atoms with Gasteiger partial charge in [-0.25, -0.2) is 13.2 Å². The minimum atomic E-state index is -1.28. The van der Waals surface area contributed by atoms with Crippen LogP contribution < -0.4 is 10.7 Å². The SMILES string of the molecule is CC(C)Cc1cc(C2NN=C(CNC(=O)C[N+]3=CC(C(=O)c4c(F)cc(F)cc4F)=C3)S2)n[nH]1. The van der Waals surface area contributed by atoms with Crippen LogP contribution in [0.2, 0.25) is 0 Å². The Bertz CT molecular complexity index is 1210. The largest absolute Gasteiger partial charge is 0.344 e. The van der Waals surface area contributed by atoms with Gasteiger partial charge in [-0.05, 0) is 18.4 Å². The number of amides is 1. The van der Waals surface area contributed by atoms with Crippen molar-refractivity contribution in [1.82, 2.24) is 20.9 Å². The third-order valence-corrected chi connectivity index (χ3v) is 6.07. The predicted octanol–water partition coefficient (Wildman–Crippen LogP) is 2.65. The zero-order valence-corrected chi connectivity index (χ0v) is 19.2. The first-order valence-corrected chi connectivity index (χ1v) is 11.4. The number of ketones is 1. The summed E-state index contributed by atoms with van der Waals surface area (Å²) in [6, 6.07) is 2.89. The molecule has 8 nitrogen and oxygen atoms in total. The molecule has 0 aliphatic carbocycles. The summed E-state index contributed by atoms with van der Waals surface area (Å²) in [6.45, 7) is 4.39. The van der Waals surface area contributed by atoms with Gasteiger partial charge in [-0.15, -0.1) is 0 Å². The number of allylic oxidation sites excluding steroid dienone is 1. The number of rotatable bonds is 9. The number of nitrogens with zero attached hydrogens (tertiary/aromatic N) is 3. The second-order valence-corrected chi connectivity index (χ2v) is 9.46. The Morgan fingerprint density at radius 2 is 1.91 bits per heavy atom. The predicted molar refractivity (Wildman–Crippen MR) is 121 cm³/mol. The van der Waals surface area contributed by atoms with Gasteiger partial charge in [-0.3, -0.25) is 20.1 Å². The van der Waals surface area contributed by atoms with Gasteiger partial charge in [0.05, 0.1) is 17.8 Å².